The standard InChI is InChI=1S/C11H14O5/c1-14-8-5-4-7(6-9(8)15-2)10(12)11(13)16-3/h4-6,11,13H,1-3H3. The zero-order valence-corrected chi connectivity index (χ0v) is 9.39. The predicted octanol–water partition coefficient (Wildman–Crippen LogP) is 0.851. The van der Waals surface area contributed by atoms with Crippen molar-refractivity contribution in [3.05, 3.63) is 23.8 Å². The van der Waals surface area contributed by atoms with Crippen LogP contribution in [0.15, 0.2) is 18.2 Å². The summed E-state index contributed by atoms with van der Waals surface area (Å²) in [5, 5.41) is 9.23. The molecule has 1 N–H and O–H groups in total. The Morgan fingerprint density at radius 2 is 1.81 bits per heavy atom. The molecule has 0 aliphatic heterocycles. The number of Topliss-reactive ketones (excluding diaryl/α,β-unsaturated/α-hetero) is 1. The molecule has 5 heteroatoms. The lowest BCUT2D eigenvalue weighted by atomic mass is 10.1. The van der Waals surface area contributed by atoms with Crippen molar-refractivity contribution in [1.82, 2.24) is 0 Å². The molecule has 0 bridgehead atoms. The van der Waals surface area contributed by atoms with Crippen LogP contribution in [0.5, 0.6) is 11.5 Å². The normalized spacial score (nSPS) is 12.0. The summed E-state index contributed by atoms with van der Waals surface area (Å²) in [5.41, 5.74) is 0.298. The van der Waals surface area contributed by atoms with E-state index in [0.29, 0.717) is 17.1 Å². The van der Waals surface area contributed by atoms with Crippen LogP contribution in [0.2, 0.25) is 0 Å². The molecule has 0 spiro atoms. The highest BCUT2D eigenvalue weighted by Crippen LogP contribution is 2.27. The van der Waals surface area contributed by atoms with E-state index in [4.69, 9.17) is 9.47 Å². The van der Waals surface area contributed by atoms with Crippen LogP contribution in [0.25, 0.3) is 0 Å². The lowest BCUT2D eigenvalue weighted by Gasteiger charge is -2.11. The third-order valence-electron chi connectivity index (χ3n) is 2.12. The van der Waals surface area contributed by atoms with Gasteiger partial charge in [-0.25, -0.2) is 0 Å². The summed E-state index contributed by atoms with van der Waals surface area (Å²) in [6.45, 7) is 0. The molecule has 5 nitrogen and oxygen atoms in total. The van der Waals surface area contributed by atoms with E-state index >= 15 is 0 Å². The summed E-state index contributed by atoms with van der Waals surface area (Å²) in [5.74, 6) is 0.422. The molecule has 0 aromatic heterocycles. The molecule has 16 heavy (non-hydrogen) atoms. The Bertz CT molecular complexity index is 375. The minimum Gasteiger partial charge on any atom is -0.493 e. The van der Waals surface area contributed by atoms with Crippen LogP contribution < -0.4 is 9.47 Å². The maximum atomic E-state index is 11.6. The molecule has 0 saturated heterocycles. The topological polar surface area (TPSA) is 65.0 Å². The maximum Gasteiger partial charge on any atom is 0.219 e. The molecule has 0 aliphatic carbocycles. The van der Waals surface area contributed by atoms with Crippen molar-refractivity contribution in [3.63, 3.8) is 0 Å². The zero-order chi connectivity index (χ0) is 12.1. The van der Waals surface area contributed by atoms with E-state index in [1.807, 2.05) is 0 Å². The molecule has 0 amide bonds. The molecular formula is C11H14O5. The number of ketones is 1. The van der Waals surface area contributed by atoms with Gasteiger partial charge in [-0.3, -0.25) is 4.79 Å². The number of carbonyl (C=O) groups excluding carboxylic acids is 1. The first kappa shape index (κ1) is 12.5. The number of aliphatic hydroxyl groups is 1. The molecule has 1 aromatic rings. The summed E-state index contributed by atoms with van der Waals surface area (Å²) in [7, 11) is 4.23. The van der Waals surface area contributed by atoms with E-state index in [9.17, 15) is 9.90 Å². The van der Waals surface area contributed by atoms with Gasteiger partial charge in [0.1, 0.15) is 0 Å². The van der Waals surface area contributed by atoms with Crippen LogP contribution in [0, 0.1) is 0 Å². The third kappa shape index (κ3) is 2.50. The molecule has 0 fully saturated rings. The summed E-state index contributed by atoms with van der Waals surface area (Å²) < 4.78 is 14.6. The Kier molecular flexibility index (Phi) is 4.28. The molecule has 1 aromatic carbocycles. The van der Waals surface area contributed by atoms with Gasteiger partial charge in [-0.1, -0.05) is 0 Å². The van der Waals surface area contributed by atoms with E-state index in [-0.39, 0.29) is 0 Å². The fourth-order valence-corrected chi connectivity index (χ4v) is 1.24. The predicted molar refractivity (Wildman–Crippen MR) is 56.9 cm³/mol. The molecule has 0 aliphatic rings. The molecular weight excluding hydrogens is 212 g/mol. The molecule has 0 radical (unpaired) electrons. The van der Waals surface area contributed by atoms with Gasteiger partial charge >= 0.3 is 0 Å². The summed E-state index contributed by atoms with van der Waals surface area (Å²) in [6.07, 6.45) is -1.46. The second-order valence-electron chi connectivity index (χ2n) is 3.02. The van der Waals surface area contributed by atoms with E-state index < -0.39 is 12.1 Å². The SMILES string of the molecule is COc1ccc(C(=O)C(O)OC)cc1OC. The lowest BCUT2D eigenvalue weighted by Crippen LogP contribution is -2.22. The number of hydrogen-bond donors (Lipinski definition) is 1. The van der Waals surface area contributed by atoms with E-state index in [2.05, 4.69) is 4.74 Å². The highest BCUT2D eigenvalue weighted by Gasteiger charge is 2.18. The average molecular weight is 226 g/mol. The van der Waals surface area contributed by atoms with E-state index in [1.165, 1.54) is 33.5 Å². The Hall–Kier alpha value is -1.59. The Balaban J connectivity index is 3.03. The van der Waals surface area contributed by atoms with Gasteiger partial charge in [0.2, 0.25) is 12.1 Å². The number of ether oxygens (including phenoxy) is 3. The maximum absolute atomic E-state index is 11.6. The molecule has 1 rings (SSSR count). The van der Waals surface area contributed by atoms with Crippen molar-refractivity contribution in [2.75, 3.05) is 21.3 Å². The van der Waals surface area contributed by atoms with Gasteiger partial charge in [0.05, 0.1) is 14.2 Å². The number of benzene rings is 1. The number of methoxy groups -OCH3 is 3. The van der Waals surface area contributed by atoms with Crippen molar-refractivity contribution in [3.8, 4) is 11.5 Å². The minimum absolute atomic E-state index is 0.298. The average Bonchev–Trinajstić information content (AvgIpc) is 2.35. The van der Waals surface area contributed by atoms with Gasteiger partial charge < -0.3 is 19.3 Å². The first-order valence-corrected chi connectivity index (χ1v) is 4.61. The second kappa shape index (κ2) is 5.48. The van der Waals surface area contributed by atoms with Crippen LogP contribution in [0.3, 0.4) is 0 Å². The second-order valence-corrected chi connectivity index (χ2v) is 3.02. The first-order chi connectivity index (χ1) is 7.63. The van der Waals surface area contributed by atoms with Crippen molar-refractivity contribution in [1.29, 1.82) is 0 Å². The minimum atomic E-state index is -1.46. The molecule has 0 saturated carbocycles. The number of carbonyl (C=O) groups is 1. The molecule has 88 valence electrons. The molecule has 0 heterocycles. The van der Waals surface area contributed by atoms with Gasteiger partial charge in [0, 0.05) is 12.7 Å². The summed E-state index contributed by atoms with van der Waals surface area (Å²) in [4.78, 5) is 11.6. The van der Waals surface area contributed by atoms with Gasteiger partial charge in [0.25, 0.3) is 0 Å². The smallest absolute Gasteiger partial charge is 0.219 e. The Labute approximate surface area is 93.6 Å². The fraction of sp³-hybridized carbons (Fsp3) is 0.364. The van der Waals surface area contributed by atoms with Crippen LogP contribution in [0.1, 0.15) is 10.4 Å². The monoisotopic (exact) mass is 226 g/mol. The first-order valence-electron chi connectivity index (χ1n) is 4.61. The van der Waals surface area contributed by atoms with Gasteiger partial charge in [0.15, 0.2) is 11.5 Å². The Morgan fingerprint density at radius 3 is 2.31 bits per heavy atom. The summed E-state index contributed by atoms with van der Waals surface area (Å²) in [6, 6.07) is 4.61. The Morgan fingerprint density at radius 1 is 1.19 bits per heavy atom. The van der Waals surface area contributed by atoms with Crippen LogP contribution in [-0.2, 0) is 4.74 Å². The van der Waals surface area contributed by atoms with Gasteiger partial charge in [-0.05, 0) is 18.2 Å². The van der Waals surface area contributed by atoms with Crippen molar-refractivity contribution in [2.45, 2.75) is 6.29 Å². The highest BCUT2D eigenvalue weighted by atomic mass is 16.6. The quantitative estimate of drug-likeness (QED) is 0.595. The largest absolute Gasteiger partial charge is 0.493 e. The van der Waals surface area contributed by atoms with Crippen molar-refractivity contribution >= 4 is 5.78 Å². The van der Waals surface area contributed by atoms with Crippen molar-refractivity contribution in [2.24, 2.45) is 0 Å². The highest BCUT2D eigenvalue weighted by molar-refractivity contribution is 5.99. The van der Waals surface area contributed by atoms with Gasteiger partial charge in [-0.2, -0.15) is 0 Å². The molecule has 1 unspecified atom stereocenters. The summed E-state index contributed by atoms with van der Waals surface area (Å²) >= 11 is 0. The van der Waals surface area contributed by atoms with E-state index in [0.717, 1.165) is 0 Å². The van der Waals surface area contributed by atoms with Gasteiger partial charge in [-0.15, -0.1) is 0 Å². The molecule has 1 atom stereocenters. The number of aliphatic hydroxyl groups excluding tert-OH is 1. The van der Waals surface area contributed by atoms with Crippen LogP contribution >= 0.6 is 0 Å². The lowest BCUT2D eigenvalue weighted by molar-refractivity contribution is -0.0483. The fourth-order valence-electron chi connectivity index (χ4n) is 1.24. The van der Waals surface area contributed by atoms with E-state index in [1.54, 1.807) is 6.07 Å². The third-order valence-corrected chi connectivity index (χ3v) is 2.12. The number of hydrogen-bond acceptors (Lipinski definition) is 5. The zero-order valence-electron chi connectivity index (χ0n) is 9.39. The van der Waals surface area contributed by atoms with Crippen molar-refractivity contribution < 1.29 is 24.1 Å². The van der Waals surface area contributed by atoms with Crippen LogP contribution in [-0.4, -0.2) is 38.5 Å². The number of rotatable bonds is 5. The van der Waals surface area contributed by atoms with Crippen LogP contribution in [0.4, 0.5) is 0 Å².